The zero-order valence-electron chi connectivity index (χ0n) is 7.22. The van der Waals surface area contributed by atoms with Crippen molar-refractivity contribution in [1.29, 1.82) is 0 Å². The van der Waals surface area contributed by atoms with Crippen LogP contribution >= 0.6 is 22.6 Å². The van der Waals surface area contributed by atoms with Crippen LogP contribution in [0.3, 0.4) is 0 Å². The number of allylic oxidation sites excluding steroid dienone is 1. The van der Waals surface area contributed by atoms with E-state index in [9.17, 15) is 0 Å². The van der Waals surface area contributed by atoms with E-state index in [1.165, 1.54) is 6.20 Å². The molecule has 0 unspecified atom stereocenters. The van der Waals surface area contributed by atoms with E-state index < -0.39 is 0 Å². The molecule has 0 aliphatic carbocycles. The lowest BCUT2D eigenvalue weighted by Gasteiger charge is -1.98. The quantitative estimate of drug-likeness (QED) is 0.563. The molecule has 0 radical (unpaired) electrons. The van der Waals surface area contributed by atoms with Crippen LogP contribution < -0.4 is 0 Å². The fourth-order valence-electron chi connectivity index (χ4n) is 0.952. The molecule has 1 aromatic heterocycles. The lowest BCUT2D eigenvalue weighted by atomic mass is 10.3. The second kappa shape index (κ2) is 3.81. The first-order valence-corrected chi connectivity index (χ1v) is 4.80. The zero-order valence-corrected chi connectivity index (χ0v) is 9.37. The predicted octanol–water partition coefficient (Wildman–Crippen LogP) is 0.581. The molecule has 7 heteroatoms. The van der Waals surface area contributed by atoms with E-state index in [0.29, 0.717) is 5.82 Å². The molecule has 0 aromatic carbocycles. The summed E-state index contributed by atoms with van der Waals surface area (Å²) >= 11 is 2.09. The Hall–Kier alpha value is -1.34. The number of nitrogens with zero attached hydrogens (tertiary/aromatic N) is 6. The van der Waals surface area contributed by atoms with E-state index in [0.717, 1.165) is 9.28 Å². The number of tetrazole rings is 1. The Morgan fingerprint density at radius 2 is 2.36 bits per heavy atom. The fourth-order valence-corrected chi connectivity index (χ4v) is 1.47. The molecule has 0 bridgehead atoms. The molecule has 2 heterocycles. The van der Waals surface area contributed by atoms with Crippen LogP contribution in [0.5, 0.6) is 0 Å². The third-order valence-electron chi connectivity index (χ3n) is 1.58. The second-order valence-corrected chi connectivity index (χ2v) is 3.50. The van der Waals surface area contributed by atoms with E-state index in [-0.39, 0.29) is 0 Å². The Labute approximate surface area is 93.3 Å². The minimum atomic E-state index is 0.638. The molecule has 0 saturated heterocycles. The maximum absolute atomic E-state index is 4.03. The summed E-state index contributed by atoms with van der Waals surface area (Å²) in [6, 6.07) is 0. The monoisotopic (exact) mass is 300 g/mol. The van der Waals surface area contributed by atoms with E-state index in [1.807, 2.05) is 0 Å². The smallest absolute Gasteiger partial charge is 0.186 e. The number of halogens is 1. The minimum absolute atomic E-state index is 0.638. The largest absolute Gasteiger partial charge is 0.254 e. The summed E-state index contributed by atoms with van der Waals surface area (Å²) in [7, 11) is 1.77. The first-order chi connectivity index (χ1) is 6.79. The van der Waals surface area contributed by atoms with Crippen molar-refractivity contribution in [3.8, 4) is 0 Å². The summed E-state index contributed by atoms with van der Waals surface area (Å²) in [6.45, 7) is 0. The van der Waals surface area contributed by atoms with E-state index >= 15 is 0 Å². The predicted molar refractivity (Wildman–Crippen MR) is 60.2 cm³/mol. The molecule has 70 valence electrons. The first-order valence-electron chi connectivity index (χ1n) is 3.72. The van der Waals surface area contributed by atoms with Gasteiger partial charge in [-0.25, -0.2) is 4.68 Å². The van der Waals surface area contributed by atoms with Crippen molar-refractivity contribution in [3.05, 3.63) is 15.7 Å². The lowest BCUT2D eigenvalue weighted by molar-refractivity contribution is 0.705. The van der Waals surface area contributed by atoms with Crippen molar-refractivity contribution in [2.24, 2.45) is 17.0 Å². The molecular formula is C7H5IN6. The van der Waals surface area contributed by atoms with Crippen LogP contribution in [0.25, 0.3) is 5.57 Å². The third kappa shape index (κ3) is 1.64. The molecule has 6 nitrogen and oxygen atoms in total. The van der Waals surface area contributed by atoms with Crippen molar-refractivity contribution in [3.63, 3.8) is 0 Å². The Balaban J connectivity index is 2.55. The van der Waals surface area contributed by atoms with Gasteiger partial charge in [-0.2, -0.15) is 4.99 Å². The van der Waals surface area contributed by atoms with Crippen LogP contribution in [0, 0.1) is 0 Å². The SMILES string of the molecule is Cn1nnnc1C1=C(I)N=C=CN=C1. The van der Waals surface area contributed by atoms with Gasteiger partial charge in [0.05, 0.1) is 11.8 Å². The van der Waals surface area contributed by atoms with Gasteiger partial charge in [-0.3, -0.25) is 4.99 Å². The first kappa shape index (κ1) is 9.22. The molecule has 0 N–H and O–H groups in total. The van der Waals surface area contributed by atoms with Crippen molar-refractivity contribution < 1.29 is 0 Å². The van der Waals surface area contributed by atoms with Crippen LogP contribution in [0.15, 0.2) is 19.9 Å². The number of hydrogen-bond acceptors (Lipinski definition) is 5. The van der Waals surface area contributed by atoms with Crippen molar-refractivity contribution in [1.82, 2.24) is 20.2 Å². The highest BCUT2D eigenvalue weighted by Gasteiger charge is 2.11. The number of hydrogen-bond donors (Lipinski definition) is 0. The fraction of sp³-hybridized carbons (Fsp3) is 0.143. The minimum Gasteiger partial charge on any atom is -0.254 e. The van der Waals surface area contributed by atoms with Crippen molar-refractivity contribution in [2.75, 3.05) is 0 Å². The van der Waals surface area contributed by atoms with Gasteiger partial charge in [0.25, 0.3) is 0 Å². The molecular weight excluding hydrogens is 295 g/mol. The van der Waals surface area contributed by atoms with Gasteiger partial charge in [-0.1, -0.05) is 0 Å². The maximum atomic E-state index is 4.03. The topological polar surface area (TPSA) is 68.3 Å². The molecule has 0 fully saturated rings. The molecule has 2 rings (SSSR count). The summed E-state index contributed by atoms with van der Waals surface area (Å²) in [6.07, 6.45) is 3.16. The van der Waals surface area contributed by atoms with Crippen LogP contribution in [0.2, 0.25) is 0 Å². The van der Waals surface area contributed by atoms with Gasteiger partial charge in [0.1, 0.15) is 3.70 Å². The Kier molecular flexibility index (Phi) is 2.51. The summed E-state index contributed by atoms with van der Waals surface area (Å²) in [5, 5.41) is 11.2. The number of rotatable bonds is 1. The van der Waals surface area contributed by atoms with Gasteiger partial charge < -0.3 is 0 Å². The third-order valence-corrected chi connectivity index (χ3v) is 2.40. The van der Waals surface area contributed by atoms with Gasteiger partial charge in [0, 0.05) is 19.1 Å². The molecule has 0 atom stereocenters. The van der Waals surface area contributed by atoms with Crippen LogP contribution in [-0.4, -0.2) is 32.3 Å². The highest BCUT2D eigenvalue weighted by Crippen LogP contribution is 2.20. The van der Waals surface area contributed by atoms with Crippen molar-refractivity contribution in [2.45, 2.75) is 0 Å². The normalized spacial score (nSPS) is 15.0. The van der Waals surface area contributed by atoms with Gasteiger partial charge in [-0.15, -0.1) is 5.10 Å². The summed E-state index contributed by atoms with van der Waals surface area (Å²) < 4.78 is 2.33. The summed E-state index contributed by atoms with van der Waals surface area (Å²) in [5.41, 5.74) is 0.791. The van der Waals surface area contributed by atoms with Crippen LogP contribution in [-0.2, 0) is 7.05 Å². The summed E-state index contributed by atoms with van der Waals surface area (Å²) in [4.78, 5) is 8.00. The van der Waals surface area contributed by atoms with Gasteiger partial charge in [0.15, 0.2) is 5.82 Å². The molecule has 1 aromatic rings. The Morgan fingerprint density at radius 3 is 3.07 bits per heavy atom. The van der Waals surface area contributed by atoms with E-state index in [4.69, 9.17) is 0 Å². The van der Waals surface area contributed by atoms with E-state index in [2.05, 4.69) is 54.0 Å². The number of aryl methyl sites for hydroxylation is 1. The average Bonchev–Trinajstić information content (AvgIpc) is 2.46. The molecule has 14 heavy (non-hydrogen) atoms. The molecule has 1 aliphatic heterocycles. The average molecular weight is 300 g/mol. The second-order valence-electron chi connectivity index (χ2n) is 2.48. The highest BCUT2D eigenvalue weighted by atomic mass is 127. The highest BCUT2D eigenvalue weighted by molar-refractivity contribution is 14.1. The maximum Gasteiger partial charge on any atom is 0.186 e. The standard InChI is InChI=1S/C7H5IN6/c1-14-7(11-12-13-14)5-4-9-2-3-10-6(5)8/h2,4H,1H3. The van der Waals surface area contributed by atoms with Gasteiger partial charge in [-0.05, 0) is 33.0 Å². The molecule has 0 saturated carbocycles. The number of aromatic nitrogens is 4. The molecule has 0 spiro atoms. The number of aliphatic imine (C=N–C) groups is 2. The Bertz CT molecular complexity index is 476. The van der Waals surface area contributed by atoms with Crippen LogP contribution in [0.1, 0.15) is 5.82 Å². The summed E-state index contributed by atoms with van der Waals surface area (Å²) in [5.74, 6) is 3.31. The molecule has 1 aliphatic rings. The van der Waals surface area contributed by atoms with Crippen molar-refractivity contribution >= 4 is 40.2 Å². The van der Waals surface area contributed by atoms with Gasteiger partial charge in [0.2, 0.25) is 0 Å². The van der Waals surface area contributed by atoms with Gasteiger partial charge >= 0.3 is 0 Å². The Morgan fingerprint density at radius 1 is 1.50 bits per heavy atom. The van der Waals surface area contributed by atoms with E-state index in [1.54, 1.807) is 17.9 Å². The molecule has 0 amide bonds. The zero-order chi connectivity index (χ0) is 9.97. The lowest BCUT2D eigenvalue weighted by Crippen LogP contribution is -2.00. The van der Waals surface area contributed by atoms with Crippen LogP contribution in [0.4, 0.5) is 0 Å².